The average molecular weight is 489 g/mol. The minimum Gasteiger partial charge on any atom is -0.484 e. The molecule has 0 spiro atoms. The second-order valence-corrected chi connectivity index (χ2v) is 8.90. The van der Waals surface area contributed by atoms with E-state index in [0.29, 0.717) is 24.8 Å². The third-order valence-corrected chi connectivity index (χ3v) is 5.70. The van der Waals surface area contributed by atoms with Gasteiger partial charge in [0.2, 0.25) is 5.91 Å². The molecule has 1 atom stereocenters. The Hall–Kier alpha value is -2.34. The number of amides is 2. The predicted octanol–water partition coefficient (Wildman–Crippen LogP) is 5.28. The lowest BCUT2D eigenvalue weighted by Gasteiger charge is -2.28. The van der Waals surface area contributed by atoms with Crippen LogP contribution in [0.5, 0.6) is 5.75 Å². The summed E-state index contributed by atoms with van der Waals surface area (Å²) in [6.07, 6.45) is 1.91. The van der Waals surface area contributed by atoms with Crippen molar-refractivity contribution in [2.75, 3.05) is 13.2 Å². The Kier molecular flexibility index (Phi) is 10.0. The molecular weight excluding hydrogens is 456 g/mol. The summed E-state index contributed by atoms with van der Waals surface area (Å²) in [5.41, 5.74) is 2.17. The normalized spacial score (nSPS) is 11.8. The molecule has 5 nitrogen and oxygen atoms in total. The van der Waals surface area contributed by atoms with E-state index in [-0.39, 0.29) is 18.4 Å². The van der Waals surface area contributed by atoms with Gasteiger partial charge in [-0.2, -0.15) is 0 Å². The highest BCUT2D eigenvalue weighted by atomic mass is 79.9. The van der Waals surface area contributed by atoms with Gasteiger partial charge in [-0.3, -0.25) is 9.59 Å². The highest BCUT2D eigenvalue weighted by molar-refractivity contribution is 9.10. The topological polar surface area (TPSA) is 58.6 Å². The number of hydrogen-bond donors (Lipinski definition) is 1. The lowest BCUT2D eigenvalue weighted by atomic mass is 10.0. The first kappa shape index (κ1) is 24.9. The van der Waals surface area contributed by atoms with Crippen LogP contribution in [-0.2, 0) is 16.1 Å². The molecule has 0 fully saturated rings. The van der Waals surface area contributed by atoms with E-state index in [1.54, 1.807) is 11.8 Å². The van der Waals surface area contributed by atoms with Crippen molar-refractivity contribution in [2.24, 2.45) is 0 Å². The number of nitrogens with zero attached hydrogens (tertiary/aromatic N) is 1. The van der Waals surface area contributed by atoms with E-state index < -0.39 is 6.04 Å². The zero-order chi connectivity index (χ0) is 22.8. The van der Waals surface area contributed by atoms with Crippen LogP contribution < -0.4 is 10.1 Å². The van der Waals surface area contributed by atoms with Gasteiger partial charge in [-0.1, -0.05) is 67.4 Å². The highest BCUT2D eigenvalue weighted by Crippen LogP contribution is 2.19. The molecule has 0 saturated heterocycles. The SMILES string of the molecule is CCCCNC(=O)[C@H](C)N(Cc1ccc(Br)cc1)C(=O)COc1ccc(C(C)C)cc1. The van der Waals surface area contributed by atoms with E-state index in [1.807, 2.05) is 48.5 Å². The molecule has 6 heteroatoms. The first-order valence-electron chi connectivity index (χ1n) is 10.9. The molecule has 0 saturated carbocycles. The van der Waals surface area contributed by atoms with Gasteiger partial charge < -0.3 is 15.0 Å². The average Bonchev–Trinajstić information content (AvgIpc) is 2.77. The Morgan fingerprint density at radius 1 is 1.03 bits per heavy atom. The Morgan fingerprint density at radius 2 is 1.68 bits per heavy atom. The van der Waals surface area contributed by atoms with Crippen molar-refractivity contribution in [3.05, 3.63) is 64.1 Å². The van der Waals surface area contributed by atoms with Crippen LogP contribution in [0, 0.1) is 0 Å². The summed E-state index contributed by atoms with van der Waals surface area (Å²) in [5.74, 6) is 0.694. The maximum atomic E-state index is 13.1. The van der Waals surface area contributed by atoms with Gasteiger partial charge in [-0.25, -0.2) is 0 Å². The van der Waals surface area contributed by atoms with E-state index in [1.165, 1.54) is 5.56 Å². The molecule has 0 aromatic heterocycles. The maximum Gasteiger partial charge on any atom is 0.261 e. The van der Waals surface area contributed by atoms with Crippen LogP contribution in [0.3, 0.4) is 0 Å². The summed E-state index contributed by atoms with van der Waals surface area (Å²) in [7, 11) is 0. The van der Waals surface area contributed by atoms with Crippen LogP contribution in [0.15, 0.2) is 53.0 Å². The molecule has 0 unspecified atom stereocenters. The minimum atomic E-state index is -0.597. The van der Waals surface area contributed by atoms with Gasteiger partial charge >= 0.3 is 0 Å². The van der Waals surface area contributed by atoms with Gasteiger partial charge in [0, 0.05) is 17.6 Å². The number of hydrogen-bond acceptors (Lipinski definition) is 3. The Balaban J connectivity index is 2.08. The van der Waals surface area contributed by atoms with Gasteiger partial charge in [0.1, 0.15) is 11.8 Å². The largest absolute Gasteiger partial charge is 0.484 e. The smallest absolute Gasteiger partial charge is 0.261 e. The lowest BCUT2D eigenvalue weighted by Crippen LogP contribution is -2.49. The number of ether oxygens (including phenoxy) is 1. The number of benzene rings is 2. The van der Waals surface area contributed by atoms with Crippen molar-refractivity contribution in [2.45, 2.75) is 59.0 Å². The van der Waals surface area contributed by atoms with Crippen LogP contribution in [-0.4, -0.2) is 35.9 Å². The number of carbonyl (C=O) groups is 2. The van der Waals surface area contributed by atoms with E-state index in [4.69, 9.17) is 4.74 Å². The van der Waals surface area contributed by atoms with Crippen LogP contribution >= 0.6 is 15.9 Å². The number of halogens is 1. The summed E-state index contributed by atoms with van der Waals surface area (Å²) in [5, 5.41) is 2.92. The summed E-state index contributed by atoms with van der Waals surface area (Å²) < 4.78 is 6.70. The molecular formula is C25H33BrN2O3. The first-order valence-corrected chi connectivity index (χ1v) is 11.7. The molecule has 2 rings (SSSR count). The number of carbonyl (C=O) groups excluding carboxylic acids is 2. The Labute approximate surface area is 194 Å². The molecule has 1 N–H and O–H groups in total. The molecule has 168 valence electrons. The molecule has 2 aromatic rings. The summed E-state index contributed by atoms with van der Waals surface area (Å²) in [6, 6.07) is 14.9. The number of nitrogens with one attached hydrogen (secondary N) is 1. The zero-order valence-corrected chi connectivity index (χ0v) is 20.4. The predicted molar refractivity (Wildman–Crippen MR) is 128 cm³/mol. The molecule has 2 aromatic carbocycles. The van der Waals surface area contributed by atoms with E-state index >= 15 is 0 Å². The molecule has 0 heterocycles. The third kappa shape index (κ3) is 8.02. The number of rotatable bonds is 11. The van der Waals surface area contributed by atoms with Crippen LogP contribution in [0.1, 0.15) is 57.6 Å². The quantitative estimate of drug-likeness (QED) is 0.437. The van der Waals surface area contributed by atoms with Gasteiger partial charge in [-0.15, -0.1) is 0 Å². The minimum absolute atomic E-state index is 0.121. The van der Waals surface area contributed by atoms with Gasteiger partial charge in [0.15, 0.2) is 6.61 Å². The van der Waals surface area contributed by atoms with Gasteiger partial charge in [0.05, 0.1) is 0 Å². The summed E-state index contributed by atoms with van der Waals surface area (Å²) in [4.78, 5) is 27.3. The van der Waals surface area contributed by atoms with Crippen molar-refractivity contribution in [1.82, 2.24) is 10.2 Å². The van der Waals surface area contributed by atoms with Crippen molar-refractivity contribution in [3.8, 4) is 5.75 Å². The zero-order valence-electron chi connectivity index (χ0n) is 18.9. The Bertz CT molecular complexity index is 835. The summed E-state index contributed by atoms with van der Waals surface area (Å²) >= 11 is 3.43. The standard InChI is InChI=1S/C25H33BrN2O3/c1-5-6-15-27-25(30)19(4)28(16-20-7-11-22(26)12-8-20)24(29)17-31-23-13-9-21(10-14-23)18(2)3/h7-14,18-19H,5-6,15-17H2,1-4H3,(H,27,30)/t19-/m0/s1. The molecule has 0 aliphatic heterocycles. The first-order chi connectivity index (χ1) is 14.8. The molecule has 0 bridgehead atoms. The molecule has 31 heavy (non-hydrogen) atoms. The van der Waals surface area contributed by atoms with Crippen molar-refractivity contribution < 1.29 is 14.3 Å². The van der Waals surface area contributed by atoms with E-state index in [9.17, 15) is 9.59 Å². The molecule has 0 aliphatic rings. The van der Waals surface area contributed by atoms with Crippen LogP contribution in [0.25, 0.3) is 0 Å². The van der Waals surface area contributed by atoms with E-state index in [2.05, 4.69) is 42.0 Å². The fourth-order valence-electron chi connectivity index (χ4n) is 3.08. The monoisotopic (exact) mass is 488 g/mol. The molecule has 0 aliphatic carbocycles. The lowest BCUT2D eigenvalue weighted by molar-refractivity contribution is -0.142. The fourth-order valence-corrected chi connectivity index (χ4v) is 3.35. The number of unbranched alkanes of at least 4 members (excludes halogenated alkanes) is 1. The van der Waals surface area contributed by atoms with Gasteiger partial charge in [0.25, 0.3) is 5.91 Å². The second kappa shape index (κ2) is 12.5. The molecule has 2 amide bonds. The third-order valence-electron chi connectivity index (χ3n) is 5.17. The maximum absolute atomic E-state index is 13.1. The van der Waals surface area contributed by atoms with E-state index in [0.717, 1.165) is 22.9 Å². The molecule has 0 radical (unpaired) electrons. The highest BCUT2D eigenvalue weighted by Gasteiger charge is 2.26. The van der Waals surface area contributed by atoms with Crippen molar-refractivity contribution in [3.63, 3.8) is 0 Å². The van der Waals surface area contributed by atoms with Crippen molar-refractivity contribution in [1.29, 1.82) is 0 Å². The second-order valence-electron chi connectivity index (χ2n) is 7.98. The summed E-state index contributed by atoms with van der Waals surface area (Å²) in [6.45, 7) is 8.92. The Morgan fingerprint density at radius 3 is 2.26 bits per heavy atom. The van der Waals surface area contributed by atoms with Crippen molar-refractivity contribution >= 4 is 27.7 Å². The van der Waals surface area contributed by atoms with Crippen LogP contribution in [0.4, 0.5) is 0 Å². The van der Waals surface area contributed by atoms with Crippen LogP contribution in [0.2, 0.25) is 0 Å². The fraction of sp³-hybridized carbons (Fsp3) is 0.440. The van der Waals surface area contributed by atoms with Gasteiger partial charge in [-0.05, 0) is 54.7 Å².